The molecule has 2 nitrogen and oxygen atoms in total. The Bertz CT molecular complexity index is 404. The van der Waals surface area contributed by atoms with E-state index in [0.717, 1.165) is 11.3 Å². The Labute approximate surface area is 127 Å². The Hall–Kier alpha value is -0.510. The minimum Gasteiger partial charge on any atom is -0.317 e. The zero-order chi connectivity index (χ0) is 13.8. The van der Waals surface area contributed by atoms with E-state index in [1.165, 1.54) is 56.8 Å². The van der Waals surface area contributed by atoms with Gasteiger partial charge in [-0.15, -0.1) is 11.8 Å². The third kappa shape index (κ3) is 3.38. The maximum atomic E-state index is 3.49. The van der Waals surface area contributed by atoms with Gasteiger partial charge in [0, 0.05) is 22.7 Å². The molecular weight excluding hydrogens is 264 g/mol. The number of benzene rings is 1. The number of rotatable bonds is 5. The molecule has 1 atom stereocenters. The minimum absolute atomic E-state index is 0.758. The monoisotopic (exact) mass is 290 g/mol. The van der Waals surface area contributed by atoms with Crippen LogP contribution in [0.2, 0.25) is 0 Å². The third-order valence-electron chi connectivity index (χ3n) is 4.49. The summed E-state index contributed by atoms with van der Waals surface area (Å²) in [4.78, 5) is 4.28. The Balaban J connectivity index is 1.60. The van der Waals surface area contributed by atoms with Gasteiger partial charge in [-0.1, -0.05) is 25.1 Å². The molecule has 1 aromatic rings. The molecule has 1 unspecified atom stereocenters. The molecule has 1 aromatic carbocycles. The molecule has 20 heavy (non-hydrogen) atoms. The van der Waals surface area contributed by atoms with Crippen LogP contribution in [0.15, 0.2) is 29.2 Å². The summed E-state index contributed by atoms with van der Waals surface area (Å²) in [5.41, 5.74) is 1.56. The summed E-state index contributed by atoms with van der Waals surface area (Å²) in [6.07, 6.45) is 5.18. The standard InChI is InChI=1S/C17H26N2S/c1-2-11-19(15-7-9-18-10-8-15)13-16-12-14-5-3-4-6-17(14)20-16/h3-6,15-16,18H,2,7-13H2,1H3. The van der Waals surface area contributed by atoms with Crippen molar-refractivity contribution in [1.82, 2.24) is 10.2 Å². The van der Waals surface area contributed by atoms with E-state index in [-0.39, 0.29) is 0 Å². The summed E-state index contributed by atoms with van der Waals surface area (Å²) in [6.45, 7) is 7.23. The number of nitrogens with one attached hydrogen (secondary N) is 1. The van der Waals surface area contributed by atoms with E-state index in [9.17, 15) is 0 Å². The van der Waals surface area contributed by atoms with Crippen LogP contribution < -0.4 is 5.32 Å². The average Bonchev–Trinajstić information content (AvgIpc) is 2.90. The fourth-order valence-corrected chi connectivity index (χ4v) is 4.85. The summed E-state index contributed by atoms with van der Waals surface area (Å²) in [5, 5.41) is 4.25. The Morgan fingerprint density at radius 2 is 2.05 bits per heavy atom. The van der Waals surface area contributed by atoms with Gasteiger partial charge in [-0.05, 0) is 56.9 Å². The smallest absolute Gasteiger partial charge is 0.0263 e. The quantitative estimate of drug-likeness (QED) is 0.897. The number of piperidine rings is 1. The highest BCUT2D eigenvalue weighted by Crippen LogP contribution is 2.37. The van der Waals surface area contributed by atoms with Crippen molar-refractivity contribution in [2.45, 2.75) is 48.8 Å². The van der Waals surface area contributed by atoms with Crippen LogP contribution in [-0.2, 0) is 6.42 Å². The number of nitrogens with zero attached hydrogens (tertiary/aromatic N) is 1. The molecule has 1 fully saturated rings. The van der Waals surface area contributed by atoms with E-state index in [2.05, 4.69) is 53.2 Å². The van der Waals surface area contributed by atoms with Gasteiger partial charge in [0.1, 0.15) is 0 Å². The zero-order valence-electron chi connectivity index (χ0n) is 12.5. The van der Waals surface area contributed by atoms with Gasteiger partial charge < -0.3 is 5.32 Å². The molecule has 1 N–H and O–H groups in total. The van der Waals surface area contributed by atoms with E-state index in [1.54, 1.807) is 5.56 Å². The van der Waals surface area contributed by atoms with Gasteiger partial charge in [-0.25, -0.2) is 0 Å². The van der Waals surface area contributed by atoms with Crippen LogP contribution in [0.5, 0.6) is 0 Å². The van der Waals surface area contributed by atoms with Gasteiger partial charge in [0.15, 0.2) is 0 Å². The molecule has 0 bridgehead atoms. The van der Waals surface area contributed by atoms with Gasteiger partial charge in [0.2, 0.25) is 0 Å². The number of hydrogen-bond donors (Lipinski definition) is 1. The first kappa shape index (κ1) is 14.4. The predicted octanol–water partition coefficient (Wildman–Crippen LogP) is 3.17. The second kappa shape index (κ2) is 6.97. The zero-order valence-corrected chi connectivity index (χ0v) is 13.3. The van der Waals surface area contributed by atoms with Gasteiger partial charge in [-0.2, -0.15) is 0 Å². The van der Waals surface area contributed by atoms with E-state index < -0.39 is 0 Å². The van der Waals surface area contributed by atoms with E-state index in [1.807, 2.05) is 0 Å². The molecule has 1 saturated heterocycles. The summed E-state index contributed by atoms with van der Waals surface area (Å²) >= 11 is 2.10. The Morgan fingerprint density at radius 1 is 1.25 bits per heavy atom. The highest BCUT2D eigenvalue weighted by atomic mass is 32.2. The number of hydrogen-bond acceptors (Lipinski definition) is 3. The van der Waals surface area contributed by atoms with Gasteiger partial charge >= 0.3 is 0 Å². The summed E-state index contributed by atoms with van der Waals surface area (Å²) < 4.78 is 0. The van der Waals surface area contributed by atoms with Crippen molar-refractivity contribution in [1.29, 1.82) is 0 Å². The first-order valence-corrected chi connectivity index (χ1v) is 8.94. The Kier molecular flexibility index (Phi) is 5.03. The lowest BCUT2D eigenvalue weighted by Gasteiger charge is -2.35. The van der Waals surface area contributed by atoms with Crippen molar-refractivity contribution < 1.29 is 0 Å². The number of fused-ring (bicyclic) bond motifs is 1. The normalized spacial score (nSPS) is 23.2. The van der Waals surface area contributed by atoms with Crippen LogP contribution in [0.4, 0.5) is 0 Å². The highest BCUT2D eigenvalue weighted by Gasteiger charge is 2.27. The second-order valence-corrected chi connectivity index (χ2v) is 7.37. The molecule has 0 aromatic heterocycles. The molecule has 0 radical (unpaired) electrons. The van der Waals surface area contributed by atoms with Gasteiger partial charge in [0.25, 0.3) is 0 Å². The first-order valence-electron chi connectivity index (χ1n) is 8.06. The lowest BCUT2D eigenvalue weighted by molar-refractivity contribution is 0.163. The van der Waals surface area contributed by atoms with Crippen LogP contribution in [0, 0.1) is 0 Å². The third-order valence-corrected chi connectivity index (χ3v) is 5.79. The molecule has 2 heterocycles. The second-order valence-electron chi connectivity index (χ2n) is 6.03. The lowest BCUT2D eigenvalue weighted by atomic mass is 10.0. The van der Waals surface area contributed by atoms with Crippen molar-refractivity contribution in [3.05, 3.63) is 29.8 Å². The van der Waals surface area contributed by atoms with Crippen molar-refractivity contribution in [2.24, 2.45) is 0 Å². The van der Waals surface area contributed by atoms with Crippen LogP contribution in [-0.4, -0.2) is 42.4 Å². The van der Waals surface area contributed by atoms with E-state index in [0.29, 0.717) is 0 Å². The fourth-order valence-electron chi connectivity index (χ4n) is 3.50. The maximum Gasteiger partial charge on any atom is 0.0263 e. The largest absolute Gasteiger partial charge is 0.317 e. The molecule has 0 amide bonds. The molecule has 0 spiro atoms. The fraction of sp³-hybridized carbons (Fsp3) is 0.647. The minimum atomic E-state index is 0.758. The predicted molar refractivity (Wildman–Crippen MR) is 87.5 cm³/mol. The Morgan fingerprint density at radius 3 is 2.80 bits per heavy atom. The summed E-state index contributed by atoms with van der Waals surface area (Å²) in [5.74, 6) is 0. The molecule has 3 heteroatoms. The van der Waals surface area contributed by atoms with Crippen molar-refractivity contribution in [3.63, 3.8) is 0 Å². The SMILES string of the molecule is CCCN(CC1Cc2ccccc2S1)C1CCNCC1. The molecule has 2 aliphatic heterocycles. The molecular formula is C17H26N2S. The highest BCUT2D eigenvalue weighted by molar-refractivity contribution is 8.00. The lowest BCUT2D eigenvalue weighted by Crippen LogP contribution is -2.45. The van der Waals surface area contributed by atoms with Gasteiger partial charge in [0.05, 0.1) is 0 Å². The molecule has 110 valence electrons. The first-order chi connectivity index (χ1) is 9.86. The van der Waals surface area contributed by atoms with Crippen LogP contribution in [0.25, 0.3) is 0 Å². The van der Waals surface area contributed by atoms with Gasteiger partial charge in [-0.3, -0.25) is 4.90 Å². The summed E-state index contributed by atoms with van der Waals surface area (Å²) in [7, 11) is 0. The molecule has 0 aliphatic carbocycles. The maximum absolute atomic E-state index is 3.49. The summed E-state index contributed by atoms with van der Waals surface area (Å²) in [6, 6.07) is 9.75. The van der Waals surface area contributed by atoms with Crippen molar-refractivity contribution >= 4 is 11.8 Å². The number of thioether (sulfide) groups is 1. The van der Waals surface area contributed by atoms with Crippen LogP contribution in [0.1, 0.15) is 31.7 Å². The van der Waals surface area contributed by atoms with Crippen molar-refractivity contribution in [2.75, 3.05) is 26.2 Å². The van der Waals surface area contributed by atoms with Crippen LogP contribution >= 0.6 is 11.8 Å². The topological polar surface area (TPSA) is 15.3 Å². The van der Waals surface area contributed by atoms with E-state index in [4.69, 9.17) is 0 Å². The molecule has 3 rings (SSSR count). The van der Waals surface area contributed by atoms with E-state index >= 15 is 0 Å². The van der Waals surface area contributed by atoms with Crippen LogP contribution in [0.3, 0.4) is 0 Å². The molecule has 2 aliphatic rings. The average molecular weight is 290 g/mol. The van der Waals surface area contributed by atoms with Crippen molar-refractivity contribution in [3.8, 4) is 0 Å². The molecule has 0 saturated carbocycles.